The summed E-state index contributed by atoms with van der Waals surface area (Å²) < 4.78 is 33.2. The van der Waals surface area contributed by atoms with E-state index in [9.17, 15) is 18.0 Å². The molecule has 10 heteroatoms. The molecule has 2 unspecified atom stereocenters. The van der Waals surface area contributed by atoms with Crippen LogP contribution in [-0.4, -0.2) is 104 Å². The Morgan fingerprint density at radius 1 is 1.00 bits per heavy atom. The van der Waals surface area contributed by atoms with Crippen molar-refractivity contribution >= 4 is 22.0 Å². The Kier molecular flexibility index (Phi) is 7.23. The minimum atomic E-state index is -4.19. The zero-order valence-electron chi connectivity index (χ0n) is 18.7. The monoisotopic (exact) mass is 452 g/mol. The van der Waals surface area contributed by atoms with E-state index >= 15 is 0 Å². The van der Waals surface area contributed by atoms with Crippen molar-refractivity contribution in [2.75, 3.05) is 52.9 Å². The number of benzene rings is 1. The van der Waals surface area contributed by atoms with Gasteiger partial charge in [-0.3, -0.25) is 4.79 Å². The number of ether oxygens (including phenoxy) is 1. The molecule has 0 saturated carbocycles. The maximum absolute atomic E-state index is 13.4. The minimum Gasteiger partial charge on any atom is -0.372 e. The smallest absolute Gasteiger partial charge is 0.334 e. The summed E-state index contributed by atoms with van der Waals surface area (Å²) in [6, 6.07) is 5.64. The lowest BCUT2D eigenvalue weighted by Gasteiger charge is -2.38. The number of hydrogen-bond acceptors (Lipinski definition) is 6. The van der Waals surface area contributed by atoms with Crippen LogP contribution in [0.5, 0.6) is 0 Å². The van der Waals surface area contributed by atoms with Gasteiger partial charge in [-0.1, -0.05) is 17.7 Å². The molecule has 3 rings (SSSR count). The second kappa shape index (κ2) is 9.54. The highest BCUT2D eigenvalue weighted by atomic mass is 32.2. The van der Waals surface area contributed by atoms with E-state index in [2.05, 4.69) is 4.90 Å². The molecule has 31 heavy (non-hydrogen) atoms. The van der Waals surface area contributed by atoms with Gasteiger partial charge in [0, 0.05) is 39.3 Å². The van der Waals surface area contributed by atoms with Gasteiger partial charge in [-0.25, -0.2) is 17.5 Å². The quantitative estimate of drug-likeness (QED) is 0.677. The van der Waals surface area contributed by atoms with Crippen LogP contribution < -0.4 is 0 Å². The van der Waals surface area contributed by atoms with Gasteiger partial charge in [0.25, 0.3) is 10.0 Å². The fraction of sp³-hybridized carbons (Fsp3) is 0.619. The zero-order valence-corrected chi connectivity index (χ0v) is 19.5. The molecule has 9 nitrogen and oxygen atoms in total. The van der Waals surface area contributed by atoms with E-state index in [4.69, 9.17) is 4.74 Å². The largest absolute Gasteiger partial charge is 0.372 e. The predicted octanol–water partition coefficient (Wildman–Crippen LogP) is 0.989. The Morgan fingerprint density at radius 2 is 1.55 bits per heavy atom. The highest BCUT2D eigenvalue weighted by Gasteiger charge is 2.37. The summed E-state index contributed by atoms with van der Waals surface area (Å²) in [4.78, 5) is 31.5. The molecular formula is C21H32N4O5S. The Labute approximate surface area is 184 Å². The van der Waals surface area contributed by atoms with Crippen molar-refractivity contribution in [1.82, 2.24) is 19.0 Å². The van der Waals surface area contributed by atoms with Crippen LogP contribution >= 0.6 is 0 Å². The molecule has 2 fully saturated rings. The van der Waals surface area contributed by atoms with Crippen LogP contribution in [0.1, 0.15) is 19.4 Å². The van der Waals surface area contributed by atoms with E-state index in [1.165, 1.54) is 17.0 Å². The van der Waals surface area contributed by atoms with Crippen molar-refractivity contribution in [2.24, 2.45) is 0 Å². The number of amides is 3. The van der Waals surface area contributed by atoms with Crippen molar-refractivity contribution in [3.8, 4) is 0 Å². The number of hydrogen-bond donors (Lipinski definition) is 0. The van der Waals surface area contributed by atoms with E-state index in [-0.39, 0.29) is 17.1 Å². The highest BCUT2D eigenvalue weighted by molar-refractivity contribution is 7.89. The summed E-state index contributed by atoms with van der Waals surface area (Å²) in [5.41, 5.74) is 0.906. The summed E-state index contributed by atoms with van der Waals surface area (Å²) in [7, 11) is -2.24. The van der Waals surface area contributed by atoms with Crippen molar-refractivity contribution < 1.29 is 22.7 Å². The van der Waals surface area contributed by atoms with Crippen molar-refractivity contribution in [3.63, 3.8) is 0 Å². The van der Waals surface area contributed by atoms with E-state index in [1.54, 1.807) is 17.0 Å². The number of carbonyl (C=O) groups excluding carboxylic acids is 2. The topological polar surface area (TPSA) is 90.5 Å². The van der Waals surface area contributed by atoms with Crippen LogP contribution in [0.25, 0.3) is 0 Å². The first-order valence-electron chi connectivity index (χ1n) is 10.6. The third-order valence-corrected chi connectivity index (χ3v) is 7.38. The van der Waals surface area contributed by atoms with Gasteiger partial charge in [0.1, 0.15) is 6.54 Å². The number of morpholine rings is 1. The third kappa shape index (κ3) is 5.55. The molecule has 2 aliphatic heterocycles. The second-order valence-electron chi connectivity index (χ2n) is 8.45. The van der Waals surface area contributed by atoms with E-state index in [0.29, 0.717) is 39.3 Å². The van der Waals surface area contributed by atoms with Crippen LogP contribution in [0, 0.1) is 6.92 Å². The average molecular weight is 453 g/mol. The molecule has 3 amide bonds. The number of piperazine rings is 1. The average Bonchev–Trinajstić information content (AvgIpc) is 2.71. The summed E-state index contributed by atoms with van der Waals surface area (Å²) in [5.74, 6) is -0.403. The lowest BCUT2D eigenvalue weighted by atomic mass is 10.2. The number of sulfonamides is 1. The lowest BCUT2D eigenvalue weighted by molar-refractivity contribution is -0.143. The second-order valence-corrected chi connectivity index (χ2v) is 10.3. The predicted molar refractivity (Wildman–Crippen MR) is 116 cm³/mol. The van der Waals surface area contributed by atoms with Gasteiger partial charge in [0.05, 0.1) is 17.1 Å². The number of urea groups is 1. The molecule has 0 radical (unpaired) electrons. The number of rotatable bonds is 4. The third-order valence-electron chi connectivity index (χ3n) is 5.65. The van der Waals surface area contributed by atoms with Gasteiger partial charge in [-0.05, 0) is 40.0 Å². The van der Waals surface area contributed by atoms with Crippen LogP contribution in [0.2, 0.25) is 0 Å². The first-order valence-corrected chi connectivity index (χ1v) is 12.0. The number of nitrogens with zero attached hydrogens (tertiary/aromatic N) is 4. The van der Waals surface area contributed by atoms with E-state index in [0.717, 1.165) is 9.87 Å². The Morgan fingerprint density at radius 3 is 2.10 bits per heavy atom. The van der Waals surface area contributed by atoms with Crippen molar-refractivity contribution in [1.29, 1.82) is 0 Å². The zero-order chi connectivity index (χ0) is 22.8. The summed E-state index contributed by atoms with van der Waals surface area (Å²) >= 11 is 0. The summed E-state index contributed by atoms with van der Waals surface area (Å²) in [6.07, 6.45) is -0.300. The standard InChI is InChI=1S/C21H32N4O5S/c1-16-5-7-19(8-6-16)31(28,29)25(21(27)23-11-9-22(4)10-12-23)15-20(26)24-13-17(2)30-18(3)14-24/h5-8,17-18H,9-15H2,1-4H3. The van der Waals surface area contributed by atoms with E-state index < -0.39 is 28.5 Å². The highest BCUT2D eigenvalue weighted by Crippen LogP contribution is 2.20. The lowest BCUT2D eigenvalue weighted by Crippen LogP contribution is -2.56. The molecule has 0 aromatic heterocycles. The minimum absolute atomic E-state index is 0.00269. The molecule has 172 valence electrons. The molecular weight excluding hydrogens is 420 g/mol. The van der Waals surface area contributed by atoms with Gasteiger partial charge in [0.2, 0.25) is 5.91 Å². The maximum atomic E-state index is 13.4. The molecule has 2 saturated heterocycles. The van der Waals surface area contributed by atoms with Crippen LogP contribution in [0.15, 0.2) is 29.2 Å². The molecule has 1 aromatic carbocycles. The normalized spacial score (nSPS) is 23.0. The van der Waals surface area contributed by atoms with Crippen LogP contribution in [0.3, 0.4) is 0 Å². The molecule has 0 bridgehead atoms. The van der Waals surface area contributed by atoms with Crippen molar-refractivity contribution in [2.45, 2.75) is 37.9 Å². The summed E-state index contributed by atoms with van der Waals surface area (Å²) in [6.45, 7) is 7.92. The molecule has 0 aliphatic carbocycles. The Balaban J connectivity index is 1.87. The first-order chi connectivity index (χ1) is 14.6. The molecule has 0 N–H and O–H groups in total. The Bertz CT molecular complexity index is 887. The number of aryl methyl sites for hydroxylation is 1. The fourth-order valence-corrected chi connectivity index (χ4v) is 5.19. The van der Waals surface area contributed by atoms with Gasteiger partial charge in [-0.15, -0.1) is 0 Å². The van der Waals surface area contributed by atoms with E-state index in [1.807, 2.05) is 27.8 Å². The van der Waals surface area contributed by atoms with Gasteiger partial charge < -0.3 is 19.4 Å². The SMILES string of the molecule is Cc1ccc(S(=O)(=O)N(CC(=O)N2CC(C)OC(C)C2)C(=O)N2CCN(C)CC2)cc1. The molecule has 1 aromatic rings. The number of likely N-dealkylation sites (N-methyl/N-ethyl adjacent to an activating group) is 1. The molecule has 2 heterocycles. The number of carbonyl (C=O) groups is 2. The first kappa shape index (κ1) is 23.5. The summed E-state index contributed by atoms with van der Waals surface area (Å²) in [5, 5.41) is 0. The fourth-order valence-electron chi connectivity index (χ4n) is 3.85. The van der Waals surface area contributed by atoms with Gasteiger partial charge in [0.15, 0.2) is 0 Å². The van der Waals surface area contributed by atoms with Gasteiger partial charge in [-0.2, -0.15) is 0 Å². The maximum Gasteiger partial charge on any atom is 0.334 e. The molecule has 2 atom stereocenters. The van der Waals surface area contributed by atoms with Crippen molar-refractivity contribution in [3.05, 3.63) is 29.8 Å². The molecule has 2 aliphatic rings. The molecule has 0 spiro atoms. The van der Waals surface area contributed by atoms with Crippen LogP contribution in [-0.2, 0) is 19.6 Å². The van der Waals surface area contributed by atoms with Crippen LogP contribution in [0.4, 0.5) is 4.79 Å². The Hall–Kier alpha value is -2.17. The van der Waals surface area contributed by atoms with Gasteiger partial charge >= 0.3 is 6.03 Å².